The molecule has 0 aliphatic rings. The largest absolute Gasteiger partial charge is 0.479 e. The van der Waals surface area contributed by atoms with Crippen LogP contribution in [0.3, 0.4) is 0 Å². The molecule has 4 N–H and O–H groups in total. The molecular weight excluding hydrogens is 226 g/mol. The van der Waals surface area contributed by atoms with Crippen molar-refractivity contribution in [3.05, 3.63) is 0 Å². The number of hydrogen-bond donors (Lipinski definition) is 5. The van der Waals surface area contributed by atoms with E-state index in [1.54, 1.807) is 0 Å². The predicted molar refractivity (Wildman–Crippen MR) is 47.9 cm³/mol. The maximum atomic E-state index is 10.5. The summed E-state index contributed by atoms with van der Waals surface area (Å²) in [5.74, 6) is -1.92. The van der Waals surface area contributed by atoms with E-state index in [0.29, 0.717) is 0 Å². The summed E-state index contributed by atoms with van der Waals surface area (Å²) < 4.78 is 27.9. The first kappa shape index (κ1) is 12.0. The minimum atomic E-state index is -4.94. The highest BCUT2D eigenvalue weighted by atomic mass is 32.2. The Morgan fingerprint density at radius 3 is 1.83 bits per heavy atom. The Morgan fingerprint density at radius 1 is 1.50 bits per heavy atom. The zero-order valence-electron chi connectivity index (χ0n) is 5.58. The standard InChI is InChI=1S/C3H7NO5S3/c4-3(1(5)6,2(10)11)12(7,8)9/h2,10-11H,4H2,(H,5,6)(H,7,8,9). The van der Waals surface area contributed by atoms with Crippen LogP contribution in [0.4, 0.5) is 0 Å². The van der Waals surface area contributed by atoms with Crippen LogP contribution in [0.5, 0.6) is 0 Å². The summed E-state index contributed by atoms with van der Waals surface area (Å²) in [6.07, 6.45) is 0. The fourth-order valence-corrected chi connectivity index (χ4v) is 1.86. The smallest absolute Gasteiger partial charge is 0.344 e. The molecule has 0 aromatic heterocycles. The first-order chi connectivity index (χ1) is 5.14. The molecule has 0 aromatic rings. The van der Waals surface area contributed by atoms with Gasteiger partial charge in [0.25, 0.3) is 15.0 Å². The van der Waals surface area contributed by atoms with E-state index in [2.05, 4.69) is 25.3 Å². The van der Waals surface area contributed by atoms with Gasteiger partial charge in [-0.25, -0.2) is 4.79 Å². The van der Waals surface area contributed by atoms with Crippen molar-refractivity contribution in [3.63, 3.8) is 0 Å². The number of rotatable bonds is 3. The number of carboxylic acid groups (broad SMARTS) is 1. The number of aliphatic carboxylic acids is 1. The zero-order chi connectivity index (χ0) is 10.2. The summed E-state index contributed by atoms with van der Waals surface area (Å²) in [6, 6.07) is 0. The van der Waals surface area contributed by atoms with Gasteiger partial charge in [-0.1, -0.05) is 0 Å². The average Bonchev–Trinajstić information content (AvgIpc) is 1.82. The van der Waals surface area contributed by atoms with Crippen LogP contribution in [-0.4, -0.2) is 33.5 Å². The lowest BCUT2D eigenvalue weighted by molar-refractivity contribution is -0.139. The molecule has 0 aliphatic heterocycles. The predicted octanol–water partition coefficient (Wildman–Crippen LogP) is -1.20. The summed E-state index contributed by atoms with van der Waals surface area (Å²) >= 11 is 6.86. The van der Waals surface area contributed by atoms with E-state index in [0.717, 1.165) is 0 Å². The Morgan fingerprint density at radius 2 is 1.83 bits per heavy atom. The van der Waals surface area contributed by atoms with Gasteiger partial charge < -0.3 is 5.11 Å². The van der Waals surface area contributed by atoms with Gasteiger partial charge in [0.15, 0.2) is 0 Å². The Hall–Kier alpha value is 0.0400. The lowest BCUT2D eigenvalue weighted by atomic mass is 10.3. The fraction of sp³-hybridized carbons (Fsp3) is 0.667. The van der Waals surface area contributed by atoms with Gasteiger partial charge in [0.2, 0.25) is 0 Å². The lowest BCUT2D eigenvalue weighted by Gasteiger charge is -2.23. The molecule has 1 unspecified atom stereocenters. The molecule has 0 spiro atoms. The maximum absolute atomic E-state index is 10.5. The Labute approximate surface area is 79.7 Å². The van der Waals surface area contributed by atoms with Crippen molar-refractivity contribution < 1.29 is 22.9 Å². The van der Waals surface area contributed by atoms with E-state index in [-0.39, 0.29) is 0 Å². The van der Waals surface area contributed by atoms with Crippen LogP contribution in [-0.2, 0) is 14.9 Å². The Bertz CT molecular complexity index is 284. The molecule has 12 heavy (non-hydrogen) atoms. The van der Waals surface area contributed by atoms with Gasteiger partial charge in [-0.3, -0.25) is 10.3 Å². The van der Waals surface area contributed by atoms with Gasteiger partial charge in [-0.2, -0.15) is 33.7 Å². The molecule has 72 valence electrons. The van der Waals surface area contributed by atoms with Crippen LogP contribution in [0, 0.1) is 0 Å². The molecule has 0 heterocycles. The molecule has 0 radical (unpaired) electrons. The zero-order valence-corrected chi connectivity index (χ0v) is 8.18. The molecule has 9 heteroatoms. The highest BCUT2D eigenvalue weighted by molar-refractivity contribution is 8.01. The summed E-state index contributed by atoms with van der Waals surface area (Å²) in [5, 5.41) is 8.38. The van der Waals surface area contributed by atoms with Gasteiger partial charge in [0, 0.05) is 0 Å². The topological polar surface area (TPSA) is 118 Å². The molecule has 0 aliphatic carbocycles. The summed E-state index contributed by atoms with van der Waals surface area (Å²) in [7, 11) is -4.94. The number of carbonyl (C=O) groups is 1. The molecule has 0 bridgehead atoms. The first-order valence-electron chi connectivity index (χ1n) is 2.49. The van der Waals surface area contributed by atoms with Gasteiger partial charge in [-0.05, 0) is 0 Å². The maximum Gasteiger partial charge on any atom is 0.344 e. The average molecular weight is 233 g/mol. The van der Waals surface area contributed by atoms with Crippen molar-refractivity contribution in [3.8, 4) is 0 Å². The quantitative estimate of drug-likeness (QED) is 0.237. The molecule has 0 aromatic carbocycles. The van der Waals surface area contributed by atoms with Crippen molar-refractivity contribution >= 4 is 41.3 Å². The monoisotopic (exact) mass is 233 g/mol. The van der Waals surface area contributed by atoms with Crippen molar-refractivity contribution in [1.29, 1.82) is 0 Å². The molecule has 0 saturated heterocycles. The fourth-order valence-electron chi connectivity index (χ4n) is 0.354. The van der Waals surface area contributed by atoms with Crippen LogP contribution < -0.4 is 5.73 Å². The van der Waals surface area contributed by atoms with Crippen molar-refractivity contribution in [2.24, 2.45) is 5.73 Å². The Kier molecular flexibility index (Phi) is 3.43. The number of nitrogens with two attached hydrogens (primary N) is 1. The molecule has 0 rings (SSSR count). The van der Waals surface area contributed by atoms with Crippen LogP contribution in [0.2, 0.25) is 0 Å². The first-order valence-corrected chi connectivity index (χ1v) is 4.96. The van der Waals surface area contributed by atoms with Gasteiger partial charge in [-0.15, -0.1) is 0 Å². The van der Waals surface area contributed by atoms with Crippen LogP contribution in [0.1, 0.15) is 0 Å². The van der Waals surface area contributed by atoms with Crippen molar-refractivity contribution in [2.45, 2.75) is 9.45 Å². The Balaban J connectivity index is 5.33. The van der Waals surface area contributed by atoms with Gasteiger partial charge in [0.05, 0.1) is 4.58 Å². The summed E-state index contributed by atoms with van der Waals surface area (Å²) in [4.78, 5) is 7.46. The molecular formula is C3H7NO5S3. The minimum Gasteiger partial charge on any atom is -0.479 e. The van der Waals surface area contributed by atoms with Gasteiger partial charge >= 0.3 is 5.97 Å². The van der Waals surface area contributed by atoms with E-state index in [4.69, 9.17) is 15.4 Å². The second kappa shape index (κ2) is 3.42. The van der Waals surface area contributed by atoms with E-state index in [1.165, 1.54) is 0 Å². The molecule has 6 nitrogen and oxygen atoms in total. The number of hydrogen-bond acceptors (Lipinski definition) is 6. The minimum absolute atomic E-state index is 1.52. The number of carboxylic acids is 1. The normalized spacial score (nSPS) is 17.4. The molecule has 0 amide bonds. The van der Waals surface area contributed by atoms with Crippen LogP contribution in [0.25, 0.3) is 0 Å². The van der Waals surface area contributed by atoms with Crippen molar-refractivity contribution in [1.82, 2.24) is 0 Å². The van der Waals surface area contributed by atoms with E-state index in [9.17, 15) is 13.2 Å². The SMILES string of the molecule is NC(C(=O)O)(C(S)S)S(=O)(=O)O. The third kappa shape index (κ3) is 1.85. The lowest BCUT2D eigenvalue weighted by Crippen LogP contribution is -2.59. The second-order valence-corrected chi connectivity index (χ2v) is 5.01. The van der Waals surface area contributed by atoms with Gasteiger partial charge in [0.1, 0.15) is 0 Å². The highest BCUT2D eigenvalue weighted by Gasteiger charge is 2.51. The van der Waals surface area contributed by atoms with Crippen molar-refractivity contribution in [2.75, 3.05) is 0 Å². The number of thiol groups is 2. The third-order valence-electron chi connectivity index (χ3n) is 1.14. The third-order valence-corrected chi connectivity index (χ3v) is 3.57. The van der Waals surface area contributed by atoms with Crippen LogP contribution >= 0.6 is 25.3 Å². The van der Waals surface area contributed by atoms with Crippen LogP contribution in [0.15, 0.2) is 0 Å². The second-order valence-electron chi connectivity index (χ2n) is 1.95. The van der Waals surface area contributed by atoms with E-state index in [1.807, 2.05) is 0 Å². The molecule has 1 atom stereocenters. The van der Waals surface area contributed by atoms with E-state index < -0.39 is 25.5 Å². The summed E-state index contributed by atoms with van der Waals surface area (Å²) in [6.45, 7) is 0. The molecule has 0 fully saturated rings. The molecule has 0 saturated carbocycles. The summed E-state index contributed by atoms with van der Waals surface area (Å²) in [5.41, 5.74) is 4.87. The van der Waals surface area contributed by atoms with E-state index >= 15 is 0 Å². The highest BCUT2D eigenvalue weighted by Crippen LogP contribution is 2.22.